The van der Waals surface area contributed by atoms with Crippen molar-refractivity contribution in [2.24, 2.45) is 5.92 Å². The fraction of sp³-hybridized carbons (Fsp3) is 0.391. The highest BCUT2D eigenvalue weighted by molar-refractivity contribution is 8.05. The zero-order valence-corrected chi connectivity index (χ0v) is 20.4. The van der Waals surface area contributed by atoms with E-state index >= 15 is 0 Å². The molecule has 0 saturated carbocycles. The number of rotatable bonds is 5. The predicted octanol–water partition coefficient (Wildman–Crippen LogP) is 5.16. The quantitative estimate of drug-likeness (QED) is 0.610. The second-order valence-corrected chi connectivity index (χ2v) is 11.0. The number of allylic oxidation sites excluding steroid dienone is 4. The Morgan fingerprint density at radius 2 is 1.71 bits per heavy atom. The Labute approximate surface area is 197 Å². The van der Waals surface area contributed by atoms with E-state index in [0.29, 0.717) is 26.4 Å². The molecule has 0 spiro atoms. The number of ether oxygens (including phenoxy) is 1. The van der Waals surface area contributed by atoms with E-state index in [1.807, 2.05) is 39.0 Å². The summed E-state index contributed by atoms with van der Waals surface area (Å²) in [4.78, 5) is 26.2. The van der Waals surface area contributed by atoms with Gasteiger partial charge in [0.25, 0.3) is 11.8 Å². The first-order chi connectivity index (χ1) is 14.4. The standard InChI is InChI=1S/C23H26Cl2N2O3S/c1-22(2,3)27-20(28)19-17(25)15-7-6-8-16(18(15)31-19)26-21(29)23(4,5)30-14-11-9-13(24)10-12-14/h6-12,15,18H,1-5H3,(H,26,29)(H,27,28). The lowest BCUT2D eigenvalue weighted by Gasteiger charge is -2.29. The summed E-state index contributed by atoms with van der Waals surface area (Å²) < 4.78 is 5.88. The number of halogens is 2. The maximum absolute atomic E-state index is 13.0. The smallest absolute Gasteiger partial charge is 0.267 e. The predicted molar refractivity (Wildman–Crippen MR) is 127 cm³/mol. The molecule has 0 bridgehead atoms. The highest BCUT2D eigenvalue weighted by Crippen LogP contribution is 2.48. The van der Waals surface area contributed by atoms with E-state index in [2.05, 4.69) is 10.6 Å². The van der Waals surface area contributed by atoms with Crippen LogP contribution in [-0.2, 0) is 9.59 Å². The number of hydrogen-bond acceptors (Lipinski definition) is 4. The van der Waals surface area contributed by atoms with Crippen molar-refractivity contribution in [1.29, 1.82) is 0 Å². The first-order valence-electron chi connectivity index (χ1n) is 9.91. The van der Waals surface area contributed by atoms with E-state index < -0.39 is 5.60 Å². The molecule has 2 aliphatic rings. The molecule has 1 aliphatic heterocycles. The highest BCUT2D eigenvalue weighted by Gasteiger charge is 2.41. The van der Waals surface area contributed by atoms with E-state index in [1.165, 1.54) is 11.8 Å². The molecule has 1 heterocycles. The molecule has 3 rings (SSSR count). The van der Waals surface area contributed by atoms with Gasteiger partial charge in [-0.15, -0.1) is 11.8 Å². The van der Waals surface area contributed by atoms with Crippen LogP contribution in [-0.4, -0.2) is 28.2 Å². The van der Waals surface area contributed by atoms with Gasteiger partial charge in [0.2, 0.25) is 0 Å². The number of thioether (sulfide) groups is 1. The first-order valence-corrected chi connectivity index (χ1v) is 11.5. The number of hydrogen-bond donors (Lipinski definition) is 2. The van der Waals surface area contributed by atoms with Crippen molar-refractivity contribution in [3.05, 3.63) is 63.2 Å². The molecule has 1 aromatic carbocycles. The van der Waals surface area contributed by atoms with Crippen LogP contribution in [0.2, 0.25) is 5.02 Å². The molecule has 0 radical (unpaired) electrons. The molecule has 1 aliphatic carbocycles. The summed E-state index contributed by atoms with van der Waals surface area (Å²) in [5, 5.41) is 6.82. The minimum absolute atomic E-state index is 0.173. The van der Waals surface area contributed by atoms with Crippen molar-refractivity contribution in [2.45, 2.75) is 51.0 Å². The molecule has 5 nitrogen and oxygen atoms in total. The van der Waals surface area contributed by atoms with Gasteiger partial charge in [0.05, 0.1) is 10.2 Å². The monoisotopic (exact) mass is 480 g/mol. The lowest BCUT2D eigenvalue weighted by Crippen LogP contribution is -2.47. The van der Waals surface area contributed by atoms with E-state index in [4.69, 9.17) is 27.9 Å². The van der Waals surface area contributed by atoms with Gasteiger partial charge in [0.15, 0.2) is 5.60 Å². The Morgan fingerprint density at radius 3 is 2.32 bits per heavy atom. The summed E-state index contributed by atoms with van der Waals surface area (Å²) >= 11 is 13.8. The van der Waals surface area contributed by atoms with Crippen LogP contribution in [0.25, 0.3) is 0 Å². The Morgan fingerprint density at radius 1 is 1.06 bits per heavy atom. The van der Waals surface area contributed by atoms with Crippen molar-refractivity contribution in [3.63, 3.8) is 0 Å². The van der Waals surface area contributed by atoms with Crippen LogP contribution in [0.4, 0.5) is 0 Å². The van der Waals surface area contributed by atoms with E-state index in [-0.39, 0.29) is 28.5 Å². The lowest BCUT2D eigenvalue weighted by atomic mass is 9.96. The van der Waals surface area contributed by atoms with Crippen LogP contribution < -0.4 is 15.4 Å². The van der Waals surface area contributed by atoms with Gasteiger partial charge in [-0.1, -0.05) is 35.4 Å². The Hall–Kier alpha value is -1.89. The highest BCUT2D eigenvalue weighted by atomic mass is 35.5. The molecule has 0 saturated heterocycles. The minimum atomic E-state index is -1.13. The molecule has 1 aromatic rings. The number of carbonyl (C=O) groups is 2. The number of carbonyl (C=O) groups excluding carboxylic acids is 2. The molecule has 0 fully saturated rings. The van der Waals surface area contributed by atoms with E-state index in [1.54, 1.807) is 38.1 Å². The Bertz CT molecular complexity index is 976. The third kappa shape index (κ3) is 5.68. The van der Waals surface area contributed by atoms with Crippen molar-refractivity contribution in [1.82, 2.24) is 10.6 Å². The molecule has 2 N–H and O–H groups in total. The van der Waals surface area contributed by atoms with Gasteiger partial charge in [-0.2, -0.15) is 0 Å². The topological polar surface area (TPSA) is 67.4 Å². The second-order valence-electron chi connectivity index (χ2n) is 8.97. The number of nitrogens with one attached hydrogen (secondary N) is 2. The summed E-state index contributed by atoms with van der Waals surface area (Å²) in [6.07, 6.45) is 5.62. The molecule has 2 amide bonds. The minimum Gasteiger partial charge on any atom is -0.478 e. The van der Waals surface area contributed by atoms with Gasteiger partial charge in [0, 0.05) is 27.2 Å². The van der Waals surface area contributed by atoms with Gasteiger partial charge in [-0.3, -0.25) is 9.59 Å². The summed E-state index contributed by atoms with van der Waals surface area (Å²) in [7, 11) is 0. The first kappa shape index (κ1) is 23.8. The molecule has 2 atom stereocenters. The number of benzene rings is 1. The normalized spacial score (nSPS) is 20.8. The fourth-order valence-electron chi connectivity index (χ4n) is 3.15. The molecular formula is C23H26Cl2N2O3S. The maximum atomic E-state index is 13.0. The molecule has 166 valence electrons. The summed E-state index contributed by atoms with van der Waals surface area (Å²) in [6, 6.07) is 6.84. The molecular weight excluding hydrogens is 455 g/mol. The van der Waals surface area contributed by atoms with Crippen molar-refractivity contribution in [3.8, 4) is 5.75 Å². The zero-order chi connectivity index (χ0) is 23.0. The largest absolute Gasteiger partial charge is 0.478 e. The summed E-state index contributed by atoms with van der Waals surface area (Å²) in [5.74, 6) is -0.136. The molecule has 2 unspecified atom stereocenters. The average Bonchev–Trinajstić information content (AvgIpc) is 3.00. The van der Waals surface area contributed by atoms with Crippen LogP contribution in [0.3, 0.4) is 0 Å². The summed E-state index contributed by atoms with van der Waals surface area (Å²) in [5.41, 5.74) is -0.813. The molecule has 31 heavy (non-hydrogen) atoms. The fourth-order valence-corrected chi connectivity index (χ4v) is 5.07. The number of fused-ring (bicyclic) bond motifs is 1. The van der Waals surface area contributed by atoms with Gasteiger partial charge >= 0.3 is 0 Å². The number of amides is 2. The second kappa shape index (κ2) is 8.93. The average molecular weight is 481 g/mol. The molecule has 8 heteroatoms. The van der Waals surface area contributed by atoms with E-state index in [0.717, 1.165) is 0 Å². The van der Waals surface area contributed by atoms with Gasteiger partial charge < -0.3 is 15.4 Å². The summed E-state index contributed by atoms with van der Waals surface area (Å²) in [6.45, 7) is 9.15. The molecule has 0 aromatic heterocycles. The van der Waals surface area contributed by atoms with Crippen LogP contribution in [0.5, 0.6) is 5.75 Å². The van der Waals surface area contributed by atoms with Crippen molar-refractivity contribution < 1.29 is 14.3 Å². The third-order valence-corrected chi connectivity index (χ3v) is 6.91. The Balaban J connectivity index is 1.71. The maximum Gasteiger partial charge on any atom is 0.267 e. The van der Waals surface area contributed by atoms with Gasteiger partial charge in [-0.05, 0) is 65.0 Å². The zero-order valence-electron chi connectivity index (χ0n) is 18.1. The van der Waals surface area contributed by atoms with Crippen molar-refractivity contribution in [2.75, 3.05) is 0 Å². The third-order valence-electron chi connectivity index (χ3n) is 4.67. The SMILES string of the molecule is CC(C)(C)NC(=O)C1=C(Cl)C2C=CC=C(NC(=O)C(C)(C)Oc3ccc(Cl)cc3)C2S1. The Kier molecular flexibility index (Phi) is 6.84. The van der Waals surface area contributed by atoms with Crippen molar-refractivity contribution >= 4 is 46.8 Å². The van der Waals surface area contributed by atoms with Gasteiger partial charge in [0.1, 0.15) is 5.75 Å². The van der Waals surface area contributed by atoms with E-state index in [9.17, 15) is 9.59 Å². The van der Waals surface area contributed by atoms with Crippen LogP contribution in [0, 0.1) is 5.92 Å². The van der Waals surface area contributed by atoms with Gasteiger partial charge in [-0.25, -0.2) is 0 Å². The van der Waals surface area contributed by atoms with Crippen LogP contribution in [0.15, 0.2) is 58.1 Å². The lowest BCUT2D eigenvalue weighted by molar-refractivity contribution is -0.133. The van der Waals surface area contributed by atoms with Crippen LogP contribution in [0.1, 0.15) is 34.6 Å². The van der Waals surface area contributed by atoms with Crippen LogP contribution >= 0.6 is 35.0 Å².